The predicted octanol–water partition coefficient (Wildman–Crippen LogP) is 3.75. The molecule has 3 aromatic rings. The van der Waals surface area contributed by atoms with Gasteiger partial charge in [-0.1, -0.05) is 41.6 Å². The lowest BCUT2D eigenvalue weighted by Crippen LogP contribution is -2.24. The zero-order valence-corrected chi connectivity index (χ0v) is 13.8. The molecular formula is C15H12ClN3OS2. The molecule has 0 aliphatic heterocycles. The lowest BCUT2D eigenvalue weighted by molar-refractivity contribution is -0.118. The van der Waals surface area contributed by atoms with Crippen molar-refractivity contribution in [1.29, 1.82) is 0 Å². The number of rotatable bonds is 5. The fourth-order valence-electron chi connectivity index (χ4n) is 1.89. The van der Waals surface area contributed by atoms with Crippen LogP contribution in [-0.2, 0) is 11.3 Å². The molecule has 1 aromatic carbocycles. The highest BCUT2D eigenvalue weighted by atomic mass is 35.5. The SMILES string of the molecule is O=C(CSc1ncnc2ccsc12)NCc1ccccc1Cl. The largest absolute Gasteiger partial charge is 0.351 e. The Morgan fingerprint density at radius 1 is 1.27 bits per heavy atom. The average Bonchev–Trinajstić information content (AvgIpc) is 3.01. The Labute approximate surface area is 140 Å². The zero-order chi connectivity index (χ0) is 15.4. The number of carbonyl (C=O) groups excluding carboxylic acids is 1. The standard InChI is InChI=1S/C15H12ClN3OS2/c16-11-4-2-1-3-10(11)7-17-13(20)8-22-15-14-12(5-6-21-14)18-9-19-15/h1-6,9H,7-8H2,(H,17,20). The second-order valence-corrected chi connectivity index (χ2v) is 6.76. The average molecular weight is 350 g/mol. The maximum absolute atomic E-state index is 12.0. The predicted molar refractivity (Wildman–Crippen MR) is 91.4 cm³/mol. The molecule has 0 atom stereocenters. The van der Waals surface area contributed by atoms with Gasteiger partial charge in [0.05, 0.1) is 16.0 Å². The molecule has 7 heteroatoms. The van der Waals surface area contributed by atoms with Crippen LogP contribution in [0.2, 0.25) is 5.02 Å². The molecule has 0 unspecified atom stereocenters. The summed E-state index contributed by atoms with van der Waals surface area (Å²) in [6.07, 6.45) is 1.53. The van der Waals surface area contributed by atoms with Crippen molar-refractivity contribution in [2.75, 3.05) is 5.75 Å². The van der Waals surface area contributed by atoms with E-state index in [1.54, 1.807) is 11.3 Å². The first kappa shape index (κ1) is 15.3. The highest BCUT2D eigenvalue weighted by Gasteiger charge is 2.09. The summed E-state index contributed by atoms with van der Waals surface area (Å²) >= 11 is 9.06. The van der Waals surface area contributed by atoms with Crippen molar-refractivity contribution >= 4 is 50.8 Å². The number of amides is 1. The lowest BCUT2D eigenvalue weighted by atomic mass is 10.2. The van der Waals surface area contributed by atoms with E-state index in [2.05, 4.69) is 15.3 Å². The number of nitrogens with one attached hydrogen (secondary N) is 1. The van der Waals surface area contributed by atoms with Crippen molar-refractivity contribution in [3.63, 3.8) is 0 Å². The number of thioether (sulfide) groups is 1. The summed E-state index contributed by atoms with van der Waals surface area (Å²) in [4.78, 5) is 20.4. The molecule has 0 saturated carbocycles. The molecule has 1 N–H and O–H groups in total. The minimum Gasteiger partial charge on any atom is -0.351 e. The summed E-state index contributed by atoms with van der Waals surface area (Å²) in [5, 5.41) is 6.34. The van der Waals surface area contributed by atoms with Crippen molar-refractivity contribution in [1.82, 2.24) is 15.3 Å². The summed E-state index contributed by atoms with van der Waals surface area (Å²) in [6, 6.07) is 9.42. The van der Waals surface area contributed by atoms with Crippen LogP contribution in [0.5, 0.6) is 0 Å². The molecule has 2 aromatic heterocycles. The zero-order valence-electron chi connectivity index (χ0n) is 11.5. The Balaban J connectivity index is 1.56. The van der Waals surface area contributed by atoms with Gasteiger partial charge in [0, 0.05) is 11.6 Å². The van der Waals surface area contributed by atoms with Crippen molar-refractivity contribution < 1.29 is 4.79 Å². The third-order valence-electron chi connectivity index (χ3n) is 2.98. The van der Waals surface area contributed by atoms with Gasteiger partial charge in [0.15, 0.2) is 0 Å². The molecule has 1 amide bonds. The first-order valence-electron chi connectivity index (χ1n) is 6.55. The van der Waals surface area contributed by atoms with Crippen LogP contribution >= 0.6 is 34.7 Å². The number of carbonyl (C=O) groups is 1. The summed E-state index contributed by atoms with van der Waals surface area (Å²) in [5.41, 5.74) is 1.82. The van der Waals surface area contributed by atoms with Gasteiger partial charge in [-0.2, -0.15) is 0 Å². The van der Waals surface area contributed by atoms with Crippen LogP contribution in [0.4, 0.5) is 0 Å². The topological polar surface area (TPSA) is 54.9 Å². The molecule has 22 heavy (non-hydrogen) atoms. The Morgan fingerprint density at radius 3 is 3.00 bits per heavy atom. The fraction of sp³-hybridized carbons (Fsp3) is 0.133. The van der Waals surface area contributed by atoms with Crippen LogP contribution in [-0.4, -0.2) is 21.6 Å². The molecule has 2 heterocycles. The van der Waals surface area contributed by atoms with Crippen molar-refractivity contribution in [3.8, 4) is 0 Å². The molecule has 0 fully saturated rings. The van der Waals surface area contributed by atoms with E-state index < -0.39 is 0 Å². The van der Waals surface area contributed by atoms with Gasteiger partial charge in [-0.25, -0.2) is 9.97 Å². The van der Waals surface area contributed by atoms with Gasteiger partial charge in [0.1, 0.15) is 11.4 Å². The van der Waals surface area contributed by atoms with E-state index in [0.717, 1.165) is 20.8 Å². The van der Waals surface area contributed by atoms with E-state index in [-0.39, 0.29) is 5.91 Å². The van der Waals surface area contributed by atoms with E-state index >= 15 is 0 Å². The highest BCUT2D eigenvalue weighted by Crippen LogP contribution is 2.28. The Kier molecular flexibility index (Phi) is 4.92. The fourth-order valence-corrected chi connectivity index (χ4v) is 3.87. The third-order valence-corrected chi connectivity index (χ3v) is 5.38. The normalized spacial score (nSPS) is 10.8. The molecule has 3 rings (SSSR count). The van der Waals surface area contributed by atoms with Gasteiger partial charge in [-0.05, 0) is 23.1 Å². The minimum absolute atomic E-state index is 0.0479. The summed E-state index contributed by atoms with van der Waals surface area (Å²) in [5.74, 6) is 0.266. The first-order chi connectivity index (χ1) is 10.7. The summed E-state index contributed by atoms with van der Waals surface area (Å²) in [7, 11) is 0. The number of halogens is 1. The van der Waals surface area contributed by atoms with Crippen LogP contribution in [0.25, 0.3) is 10.2 Å². The Bertz CT molecular complexity index is 806. The number of hydrogen-bond donors (Lipinski definition) is 1. The molecule has 0 aliphatic carbocycles. The molecule has 0 saturated heterocycles. The monoisotopic (exact) mass is 349 g/mol. The van der Waals surface area contributed by atoms with Crippen molar-refractivity contribution in [2.45, 2.75) is 11.6 Å². The van der Waals surface area contributed by atoms with Crippen LogP contribution in [0.1, 0.15) is 5.56 Å². The molecule has 0 spiro atoms. The van der Waals surface area contributed by atoms with Gasteiger partial charge in [0.25, 0.3) is 0 Å². The number of nitrogens with zero attached hydrogens (tertiary/aromatic N) is 2. The van der Waals surface area contributed by atoms with Crippen LogP contribution < -0.4 is 5.32 Å². The third kappa shape index (κ3) is 3.58. The maximum atomic E-state index is 12.0. The molecule has 0 radical (unpaired) electrons. The van der Waals surface area contributed by atoms with Gasteiger partial charge >= 0.3 is 0 Å². The summed E-state index contributed by atoms with van der Waals surface area (Å²) in [6.45, 7) is 0.428. The second kappa shape index (κ2) is 7.09. The number of fused-ring (bicyclic) bond motifs is 1. The van der Waals surface area contributed by atoms with E-state index in [1.807, 2.05) is 35.7 Å². The van der Waals surface area contributed by atoms with Gasteiger partial charge in [-0.3, -0.25) is 4.79 Å². The number of benzene rings is 1. The Morgan fingerprint density at radius 2 is 2.14 bits per heavy atom. The quantitative estimate of drug-likeness (QED) is 0.563. The summed E-state index contributed by atoms with van der Waals surface area (Å²) < 4.78 is 1.02. The number of hydrogen-bond acceptors (Lipinski definition) is 5. The van der Waals surface area contributed by atoms with E-state index in [9.17, 15) is 4.79 Å². The van der Waals surface area contributed by atoms with Crippen LogP contribution in [0.3, 0.4) is 0 Å². The smallest absolute Gasteiger partial charge is 0.230 e. The van der Waals surface area contributed by atoms with E-state index in [4.69, 9.17) is 11.6 Å². The second-order valence-electron chi connectivity index (χ2n) is 4.47. The molecule has 4 nitrogen and oxygen atoms in total. The molecule has 0 aliphatic rings. The molecule has 112 valence electrons. The Hall–Kier alpha value is -1.63. The minimum atomic E-state index is -0.0479. The number of thiophene rings is 1. The maximum Gasteiger partial charge on any atom is 0.230 e. The van der Waals surface area contributed by atoms with Gasteiger partial charge < -0.3 is 5.32 Å². The molecule has 0 bridgehead atoms. The molecular weight excluding hydrogens is 338 g/mol. The van der Waals surface area contributed by atoms with Gasteiger partial charge in [0.2, 0.25) is 5.91 Å². The first-order valence-corrected chi connectivity index (χ1v) is 8.79. The highest BCUT2D eigenvalue weighted by molar-refractivity contribution is 8.00. The van der Waals surface area contributed by atoms with Crippen LogP contribution in [0, 0.1) is 0 Å². The van der Waals surface area contributed by atoms with Crippen molar-refractivity contribution in [2.24, 2.45) is 0 Å². The van der Waals surface area contributed by atoms with Crippen LogP contribution in [0.15, 0.2) is 47.1 Å². The number of aromatic nitrogens is 2. The van der Waals surface area contributed by atoms with E-state index in [0.29, 0.717) is 17.3 Å². The van der Waals surface area contributed by atoms with Crippen molar-refractivity contribution in [3.05, 3.63) is 52.6 Å². The van der Waals surface area contributed by atoms with Gasteiger partial charge in [-0.15, -0.1) is 11.3 Å². The van der Waals surface area contributed by atoms with E-state index in [1.165, 1.54) is 18.1 Å². The lowest BCUT2D eigenvalue weighted by Gasteiger charge is -2.06.